The molecule has 0 bridgehead atoms. The van der Waals surface area contributed by atoms with E-state index in [2.05, 4.69) is 0 Å². The monoisotopic (exact) mass is 351 g/mol. The Kier molecular flexibility index (Phi) is 4.41. The number of halogens is 6. The number of hydrogen-bond donors (Lipinski definition) is 0. The number of nitrogens with zero attached hydrogens (tertiary/aromatic N) is 1. The zero-order chi connectivity index (χ0) is 18.1. The first-order valence-electron chi connectivity index (χ1n) is 6.19. The summed E-state index contributed by atoms with van der Waals surface area (Å²) in [6, 6.07) is 4.96. The van der Waals surface area contributed by atoms with Gasteiger partial charge in [-0.1, -0.05) is 6.07 Å². The number of hydrogen-bond acceptors (Lipinski definition) is 3. The second kappa shape index (κ2) is 6.02. The van der Waals surface area contributed by atoms with Gasteiger partial charge < -0.3 is 4.74 Å². The van der Waals surface area contributed by atoms with E-state index in [1.165, 1.54) is 0 Å². The molecule has 0 saturated carbocycles. The minimum Gasteiger partial charge on any atom is -0.457 e. The van der Waals surface area contributed by atoms with Crippen molar-refractivity contribution in [3.63, 3.8) is 0 Å². The highest BCUT2D eigenvalue weighted by Crippen LogP contribution is 2.40. The lowest BCUT2D eigenvalue weighted by atomic mass is 10.1. The molecule has 0 aliphatic heterocycles. The van der Waals surface area contributed by atoms with Crippen LogP contribution in [-0.4, -0.2) is 4.92 Å². The summed E-state index contributed by atoms with van der Waals surface area (Å²) in [6.07, 6.45) is -9.68. The van der Waals surface area contributed by atoms with Crippen LogP contribution in [0.2, 0.25) is 0 Å². The Morgan fingerprint density at radius 2 is 1.58 bits per heavy atom. The van der Waals surface area contributed by atoms with Crippen LogP contribution >= 0.6 is 0 Å². The average molecular weight is 351 g/mol. The van der Waals surface area contributed by atoms with Crippen molar-refractivity contribution >= 4 is 5.69 Å². The fraction of sp³-hybridized carbons (Fsp3) is 0.143. The summed E-state index contributed by atoms with van der Waals surface area (Å²) in [6.45, 7) is 0. The van der Waals surface area contributed by atoms with Crippen LogP contribution in [0.25, 0.3) is 0 Å². The summed E-state index contributed by atoms with van der Waals surface area (Å²) >= 11 is 0. The molecule has 0 atom stereocenters. The Hall–Kier alpha value is -2.78. The lowest BCUT2D eigenvalue weighted by Gasteiger charge is -2.14. The van der Waals surface area contributed by atoms with E-state index in [0.717, 1.165) is 24.3 Å². The van der Waals surface area contributed by atoms with Gasteiger partial charge in [0.05, 0.1) is 10.5 Å². The third-order valence-corrected chi connectivity index (χ3v) is 2.87. The number of non-ortho nitro benzene ring substituents is 1. The van der Waals surface area contributed by atoms with Gasteiger partial charge >= 0.3 is 12.4 Å². The van der Waals surface area contributed by atoms with E-state index in [-0.39, 0.29) is 6.07 Å². The molecule has 0 heterocycles. The Morgan fingerprint density at radius 1 is 0.917 bits per heavy atom. The smallest absolute Gasteiger partial charge is 0.420 e. The molecule has 2 aromatic carbocycles. The molecule has 128 valence electrons. The summed E-state index contributed by atoms with van der Waals surface area (Å²) in [5.74, 6) is -1.32. The van der Waals surface area contributed by atoms with Crippen molar-refractivity contribution in [2.45, 2.75) is 12.4 Å². The summed E-state index contributed by atoms with van der Waals surface area (Å²) in [5, 5.41) is 10.6. The molecular formula is C14H7F6NO3. The minimum atomic E-state index is -4.98. The lowest BCUT2D eigenvalue weighted by molar-refractivity contribution is -0.385. The molecule has 0 aromatic heterocycles. The number of benzene rings is 2. The zero-order valence-electron chi connectivity index (χ0n) is 11.5. The van der Waals surface area contributed by atoms with E-state index in [1.54, 1.807) is 0 Å². The van der Waals surface area contributed by atoms with Crippen LogP contribution in [0.3, 0.4) is 0 Å². The summed E-state index contributed by atoms with van der Waals surface area (Å²) in [7, 11) is 0. The molecule has 0 aliphatic rings. The largest absolute Gasteiger partial charge is 0.457 e. The van der Waals surface area contributed by atoms with Crippen LogP contribution in [0.15, 0.2) is 42.5 Å². The Bertz CT molecular complexity index is 770. The average Bonchev–Trinajstić information content (AvgIpc) is 2.45. The van der Waals surface area contributed by atoms with Crippen LogP contribution in [0.5, 0.6) is 11.5 Å². The van der Waals surface area contributed by atoms with Crippen molar-refractivity contribution in [1.82, 2.24) is 0 Å². The number of ether oxygens (including phenoxy) is 1. The molecule has 2 rings (SSSR count). The van der Waals surface area contributed by atoms with Gasteiger partial charge in [-0.05, 0) is 24.3 Å². The van der Waals surface area contributed by atoms with Crippen LogP contribution in [0.1, 0.15) is 11.1 Å². The topological polar surface area (TPSA) is 52.4 Å². The van der Waals surface area contributed by atoms with Crippen molar-refractivity contribution in [3.8, 4) is 11.5 Å². The van der Waals surface area contributed by atoms with Crippen molar-refractivity contribution in [2.75, 3.05) is 0 Å². The first kappa shape index (κ1) is 17.6. The third kappa shape index (κ3) is 3.94. The number of nitro groups is 1. The van der Waals surface area contributed by atoms with Crippen LogP contribution < -0.4 is 4.74 Å². The lowest BCUT2D eigenvalue weighted by Crippen LogP contribution is -2.08. The van der Waals surface area contributed by atoms with Gasteiger partial charge in [0.15, 0.2) is 0 Å². The van der Waals surface area contributed by atoms with E-state index >= 15 is 0 Å². The fourth-order valence-corrected chi connectivity index (χ4v) is 1.80. The van der Waals surface area contributed by atoms with E-state index in [0.29, 0.717) is 12.1 Å². The number of rotatable bonds is 3. The summed E-state index contributed by atoms with van der Waals surface area (Å²) < 4.78 is 81.6. The first-order chi connectivity index (χ1) is 11.0. The van der Waals surface area contributed by atoms with Crippen LogP contribution in [0, 0.1) is 10.1 Å². The van der Waals surface area contributed by atoms with Gasteiger partial charge in [0.1, 0.15) is 17.1 Å². The van der Waals surface area contributed by atoms with E-state index in [4.69, 9.17) is 4.74 Å². The van der Waals surface area contributed by atoms with E-state index in [9.17, 15) is 36.5 Å². The Balaban J connectivity index is 2.45. The van der Waals surface area contributed by atoms with Gasteiger partial charge in [0, 0.05) is 12.1 Å². The second-order valence-corrected chi connectivity index (χ2v) is 4.56. The second-order valence-electron chi connectivity index (χ2n) is 4.56. The quantitative estimate of drug-likeness (QED) is 0.421. The predicted octanol–water partition coefficient (Wildman–Crippen LogP) is 5.42. The van der Waals surface area contributed by atoms with Crippen LogP contribution in [0.4, 0.5) is 32.0 Å². The normalized spacial score (nSPS) is 12.1. The third-order valence-electron chi connectivity index (χ3n) is 2.87. The SMILES string of the molecule is O=[N+]([O-])c1ccc(Oc2cccc(C(F)(F)F)c2)c(C(F)(F)F)c1. The molecule has 0 unspecified atom stereocenters. The summed E-state index contributed by atoms with van der Waals surface area (Å²) in [4.78, 5) is 9.55. The molecule has 4 nitrogen and oxygen atoms in total. The van der Waals surface area contributed by atoms with Crippen molar-refractivity contribution in [2.24, 2.45) is 0 Å². The highest BCUT2D eigenvalue weighted by atomic mass is 19.4. The molecule has 24 heavy (non-hydrogen) atoms. The minimum absolute atomic E-state index is 0.253. The van der Waals surface area contributed by atoms with Crippen molar-refractivity contribution in [3.05, 3.63) is 63.7 Å². The van der Waals surface area contributed by atoms with E-state index in [1.807, 2.05) is 0 Å². The van der Waals surface area contributed by atoms with E-state index < -0.39 is 45.6 Å². The molecule has 0 fully saturated rings. The van der Waals surface area contributed by atoms with Crippen molar-refractivity contribution < 1.29 is 36.0 Å². The maximum Gasteiger partial charge on any atom is 0.420 e. The highest BCUT2D eigenvalue weighted by molar-refractivity contribution is 5.47. The Labute approximate surface area is 130 Å². The van der Waals surface area contributed by atoms with Gasteiger partial charge in [-0.3, -0.25) is 10.1 Å². The van der Waals surface area contributed by atoms with Gasteiger partial charge in [0.25, 0.3) is 5.69 Å². The highest BCUT2D eigenvalue weighted by Gasteiger charge is 2.36. The first-order valence-corrected chi connectivity index (χ1v) is 6.19. The van der Waals surface area contributed by atoms with Crippen LogP contribution in [-0.2, 0) is 12.4 Å². The fourth-order valence-electron chi connectivity index (χ4n) is 1.80. The van der Waals surface area contributed by atoms with Gasteiger partial charge in [-0.15, -0.1) is 0 Å². The number of nitro benzene ring substituents is 1. The molecule has 0 aliphatic carbocycles. The maximum atomic E-state index is 13.0. The summed E-state index contributed by atoms with van der Waals surface area (Å²) in [5.41, 5.74) is -3.39. The molecule has 0 N–H and O–H groups in total. The molecule has 0 spiro atoms. The van der Waals surface area contributed by atoms with Gasteiger partial charge in [-0.25, -0.2) is 0 Å². The molecule has 10 heteroatoms. The standard InChI is InChI=1S/C14H7F6NO3/c15-13(16,17)8-2-1-3-10(6-8)24-12-5-4-9(21(22)23)7-11(12)14(18,19)20/h1-7H. The molecule has 2 aromatic rings. The zero-order valence-corrected chi connectivity index (χ0v) is 11.5. The van der Waals surface area contributed by atoms with Gasteiger partial charge in [0.2, 0.25) is 0 Å². The molecule has 0 saturated heterocycles. The van der Waals surface area contributed by atoms with Gasteiger partial charge in [-0.2, -0.15) is 26.3 Å². The maximum absolute atomic E-state index is 13.0. The Morgan fingerprint density at radius 3 is 2.12 bits per heavy atom. The molecule has 0 amide bonds. The molecular weight excluding hydrogens is 344 g/mol. The number of alkyl halides is 6. The van der Waals surface area contributed by atoms with Crippen molar-refractivity contribution in [1.29, 1.82) is 0 Å². The molecule has 0 radical (unpaired) electrons. The predicted molar refractivity (Wildman–Crippen MR) is 69.6 cm³/mol.